The van der Waals surface area contributed by atoms with E-state index in [4.69, 9.17) is 4.74 Å². The van der Waals surface area contributed by atoms with Crippen molar-refractivity contribution < 1.29 is 18.3 Å². The van der Waals surface area contributed by atoms with Crippen LogP contribution in [-0.2, 0) is 4.79 Å². The minimum absolute atomic E-state index is 0.123. The van der Waals surface area contributed by atoms with Crippen LogP contribution in [0.4, 0.5) is 8.78 Å². The Kier molecular flexibility index (Phi) is 4.89. The van der Waals surface area contributed by atoms with Gasteiger partial charge in [-0.1, -0.05) is 48.5 Å². The summed E-state index contributed by atoms with van der Waals surface area (Å²) in [6.07, 6.45) is 0. The summed E-state index contributed by atoms with van der Waals surface area (Å²) < 4.78 is 32.8. The Morgan fingerprint density at radius 2 is 1.68 bits per heavy atom. The summed E-state index contributed by atoms with van der Waals surface area (Å²) in [4.78, 5) is 12.2. The number of esters is 1. The molecule has 0 aromatic heterocycles. The highest BCUT2D eigenvalue weighted by Crippen LogP contribution is 2.27. The molecule has 0 aliphatic heterocycles. The fourth-order valence-corrected chi connectivity index (χ4v) is 2.52. The van der Waals surface area contributed by atoms with Gasteiger partial charge in [0.15, 0.2) is 0 Å². The van der Waals surface area contributed by atoms with E-state index < -0.39 is 23.5 Å². The van der Waals surface area contributed by atoms with Gasteiger partial charge in [-0.05, 0) is 36.2 Å². The van der Waals surface area contributed by atoms with E-state index in [0.717, 1.165) is 11.6 Å². The van der Waals surface area contributed by atoms with E-state index in [1.165, 1.54) is 24.3 Å². The summed E-state index contributed by atoms with van der Waals surface area (Å²) in [5.41, 5.74) is 1.73. The fraction of sp³-hybridized carbons (Fsp3) is 0.0952. The molecular formula is C21H16F2O2. The van der Waals surface area contributed by atoms with Gasteiger partial charge < -0.3 is 4.74 Å². The Bertz CT molecular complexity index is 891. The molecule has 3 aromatic carbocycles. The van der Waals surface area contributed by atoms with Gasteiger partial charge in [-0.3, -0.25) is 4.79 Å². The molecule has 3 aromatic rings. The molecule has 4 heteroatoms. The molecule has 3 rings (SSSR count). The number of rotatable bonds is 4. The number of benzene rings is 3. The van der Waals surface area contributed by atoms with Crippen LogP contribution in [0, 0.1) is 11.6 Å². The van der Waals surface area contributed by atoms with Crippen molar-refractivity contribution in [1.82, 2.24) is 0 Å². The molecule has 1 atom stereocenters. The zero-order valence-electron chi connectivity index (χ0n) is 13.6. The SMILES string of the molecule is CC(C(=O)Oc1cccc(F)c1)c1ccc(-c2ccccc2)c(F)c1. The predicted molar refractivity (Wildman–Crippen MR) is 92.3 cm³/mol. The van der Waals surface area contributed by atoms with Gasteiger partial charge in [0.2, 0.25) is 0 Å². The quantitative estimate of drug-likeness (QED) is 0.474. The van der Waals surface area contributed by atoms with Crippen molar-refractivity contribution in [3.8, 4) is 16.9 Å². The van der Waals surface area contributed by atoms with Crippen molar-refractivity contribution in [1.29, 1.82) is 0 Å². The molecule has 0 bridgehead atoms. The van der Waals surface area contributed by atoms with Crippen molar-refractivity contribution in [2.75, 3.05) is 0 Å². The Morgan fingerprint density at radius 3 is 2.36 bits per heavy atom. The maximum atomic E-state index is 14.4. The summed E-state index contributed by atoms with van der Waals surface area (Å²) in [6, 6.07) is 19.2. The molecule has 0 aliphatic carbocycles. The largest absolute Gasteiger partial charge is 0.426 e. The van der Waals surface area contributed by atoms with Crippen molar-refractivity contribution in [2.45, 2.75) is 12.8 Å². The first kappa shape index (κ1) is 16.8. The van der Waals surface area contributed by atoms with E-state index in [1.54, 1.807) is 19.1 Å². The average Bonchev–Trinajstić information content (AvgIpc) is 2.61. The minimum Gasteiger partial charge on any atom is -0.426 e. The Balaban J connectivity index is 1.79. The first-order chi connectivity index (χ1) is 12.0. The van der Waals surface area contributed by atoms with E-state index in [9.17, 15) is 13.6 Å². The van der Waals surface area contributed by atoms with E-state index in [-0.39, 0.29) is 5.75 Å². The smallest absolute Gasteiger partial charge is 0.318 e. The lowest BCUT2D eigenvalue weighted by atomic mass is 9.97. The lowest BCUT2D eigenvalue weighted by Crippen LogP contribution is -2.16. The third-order valence-electron chi connectivity index (χ3n) is 3.95. The van der Waals surface area contributed by atoms with Crippen molar-refractivity contribution in [2.24, 2.45) is 0 Å². The Labute approximate surface area is 144 Å². The maximum absolute atomic E-state index is 14.4. The van der Waals surface area contributed by atoms with Gasteiger partial charge in [-0.15, -0.1) is 0 Å². The number of hydrogen-bond acceptors (Lipinski definition) is 2. The normalized spacial score (nSPS) is 11.8. The first-order valence-electron chi connectivity index (χ1n) is 7.87. The second-order valence-corrected chi connectivity index (χ2v) is 5.71. The maximum Gasteiger partial charge on any atom is 0.318 e. The van der Waals surface area contributed by atoms with Crippen molar-refractivity contribution in [3.63, 3.8) is 0 Å². The molecular weight excluding hydrogens is 322 g/mol. The van der Waals surface area contributed by atoms with Crippen LogP contribution in [0.25, 0.3) is 11.1 Å². The molecule has 0 aliphatic rings. The van der Waals surface area contributed by atoms with Gasteiger partial charge in [-0.25, -0.2) is 8.78 Å². The molecule has 126 valence electrons. The van der Waals surface area contributed by atoms with Gasteiger partial charge in [-0.2, -0.15) is 0 Å². The highest BCUT2D eigenvalue weighted by Gasteiger charge is 2.19. The van der Waals surface area contributed by atoms with E-state index in [1.807, 2.05) is 30.3 Å². The molecule has 0 saturated carbocycles. The molecule has 0 radical (unpaired) electrons. The van der Waals surface area contributed by atoms with Crippen LogP contribution in [0.5, 0.6) is 5.75 Å². The van der Waals surface area contributed by atoms with E-state index >= 15 is 0 Å². The van der Waals surface area contributed by atoms with Crippen LogP contribution in [0.1, 0.15) is 18.4 Å². The molecule has 0 N–H and O–H groups in total. The van der Waals surface area contributed by atoms with Gasteiger partial charge in [0.1, 0.15) is 17.4 Å². The molecule has 0 spiro atoms. The van der Waals surface area contributed by atoms with Crippen LogP contribution in [0.3, 0.4) is 0 Å². The van der Waals surface area contributed by atoms with Crippen LogP contribution in [0.2, 0.25) is 0 Å². The third kappa shape index (κ3) is 3.91. The number of ether oxygens (including phenoxy) is 1. The second kappa shape index (κ2) is 7.26. The number of halogens is 2. The molecule has 1 unspecified atom stereocenters. The molecule has 0 fully saturated rings. The summed E-state index contributed by atoms with van der Waals surface area (Å²) >= 11 is 0. The van der Waals surface area contributed by atoms with Crippen molar-refractivity contribution in [3.05, 3.63) is 90.0 Å². The Hall–Kier alpha value is -3.01. The monoisotopic (exact) mass is 338 g/mol. The lowest BCUT2D eigenvalue weighted by molar-refractivity contribution is -0.135. The van der Waals surface area contributed by atoms with Gasteiger partial charge in [0, 0.05) is 11.6 Å². The zero-order chi connectivity index (χ0) is 17.8. The highest BCUT2D eigenvalue weighted by molar-refractivity contribution is 5.80. The predicted octanol–water partition coefficient (Wildman–Crippen LogP) is 5.34. The van der Waals surface area contributed by atoms with Gasteiger partial charge >= 0.3 is 5.97 Å². The number of carbonyl (C=O) groups is 1. The van der Waals surface area contributed by atoms with Gasteiger partial charge in [0.25, 0.3) is 0 Å². The average molecular weight is 338 g/mol. The first-order valence-corrected chi connectivity index (χ1v) is 7.87. The second-order valence-electron chi connectivity index (χ2n) is 5.71. The number of hydrogen-bond donors (Lipinski definition) is 0. The summed E-state index contributed by atoms with van der Waals surface area (Å²) in [7, 11) is 0. The summed E-state index contributed by atoms with van der Waals surface area (Å²) in [5, 5.41) is 0. The van der Waals surface area contributed by atoms with Gasteiger partial charge in [0.05, 0.1) is 5.92 Å². The molecule has 0 amide bonds. The summed E-state index contributed by atoms with van der Waals surface area (Å²) in [6.45, 7) is 1.62. The van der Waals surface area contributed by atoms with Crippen LogP contribution in [0.15, 0.2) is 72.8 Å². The Morgan fingerprint density at radius 1 is 0.920 bits per heavy atom. The molecule has 0 heterocycles. The van der Waals surface area contributed by atoms with Crippen molar-refractivity contribution >= 4 is 5.97 Å². The topological polar surface area (TPSA) is 26.3 Å². The minimum atomic E-state index is -0.678. The van der Waals surface area contributed by atoms with Crippen LogP contribution < -0.4 is 4.74 Å². The third-order valence-corrected chi connectivity index (χ3v) is 3.95. The zero-order valence-corrected chi connectivity index (χ0v) is 13.6. The molecule has 2 nitrogen and oxygen atoms in total. The number of carbonyl (C=O) groups excluding carboxylic acids is 1. The molecule has 0 saturated heterocycles. The standard InChI is InChI=1S/C21H16F2O2/c1-14(21(24)25-18-9-5-8-17(22)13-18)16-10-11-19(20(23)12-16)15-6-3-2-4-7-15/h2-14H,1H3. The van der Waals surface area contributed by atoms with E-state index in [2.05, 4.69) is 0 Å². The fourth-order valence-electron chi connectivity index (χ4n) is 2.52. The van der Waals surface area contributed by atoms with Crippen LogP contribution >= 0.6 is 0 Å². The highest BCUT2D eigenvalue weighted by atomic mass is 19.1. The lowest BCUT2D eigenvalue weighted by Gasteiger charge is -2.13. The summed E-state index contributed by atoms with van der Waals surface area (Å²) in [5.74, 6) is -2.02. The molecule has 25 heavy (non-hydrogen) atoms. The van der Waals surface area contributed by atoms with E-state index in [0.29, 0.717) is 11.1 Å². The van der Waals surface area contributed by atoms with Crippen LogP contribution in [-0.4, -0.2) is 5.97 Å².